The van der Waals surface area contributed by atoms with Gasteiger partial charge in [0.05, 0.1) is 12.8 Å². The minimum atomic E-state index is -0.951. The van der Waals surface area contributed by atoms with Crippen molar-refractivity contribution in [3.05, 3.63) is 48.4 Å². The minimum Gasteiger partial charge on any atom is -0.485 e. The van der Waals surface area contributed by atoms with Crippen molar-refractivity contribution in [2.24, 2.45) is 0 Å². The Labute approximate surface area is 138 Å². The fraction of sp³-hybridized carbons (Fsp3) is 0.294. The molecule has 1 N–H and O–H groups in total. The van der Waals surface area contributed by atoms with Crippen LogP contribution in [0.3, 0.4) is 0 Å². The molecule has 1 aromatic carbocycles. The number of fused-ring (bicyclic) bond motifs is 1. The van der Waals surface area contributed by atoms with Crippen LogP contribution in [0.1, 0.15) is 12.7 Å². The standard InChI is InChI=1S/C17H17NO6/c1-11(16(19)18-9-12-5-4-8-21-12)23-17(20)15-10-22-13-6-2-3-7-14(13)24-15/h2-8,11,15H,9-10H2,1H3,(H,18,19)/t11-,15+/m1/s1. The van der Waals surface area contributed by atoms with E-state index in [-0.39, 0.29) is 13.2 Å². The van der Waals surface area contributed by atoms with Crippen LogP contribution in [-0.2, 0) is 20.9 Å². The van der Waals surface area contributed by atoms with Gasteiger partial charge in [-0.15, -0.1) is 0 Å². The summed E-state index contributed by atoms with van der Waals surface area (Å²) in [6, 6.07) is 10.5. The van der Waals surface area contributed by atoms with E-state index in [0.717, 1.165) is 0 Å². The van der Waals surface area contributed by atoms with Gasteiger partial charge in [0, 0.05) is 0 Å². The first-order valence-electron chi connectivity index (χ1n) is 7.52. The van der Waals surface area contributed by atoms with E-state index in [0.29, 0.717) is 17.3 Å². The number of rotatable bonds is 5. The van der Waals surface area contributed by atoms with Gasteiger partial charge < -0.3 is 23.9 Å². The maximum atomic E-state index is 12.1. The molecule has 1 aliphatic heterocycles. The summed E-state index contributed by atoms with van der Waals surface area (Å²) in [6.45, 7) is 1.76. The summed E-state index contributed by atoms with van der Waals surface area (Å²) in [5.74, 6) is 0.593. The molecule has 126 valence electrons. The molecule has 1 aliphatic rings. The Hall–Kier alpha value is -2.96. The Balaban J connectivity index is 1.50. The molecule has 0 spiro atoms. The number of para-hydroxylation sites is 2. The smallest absolute Gasteiger partial charge is 0.351 e. The highest BCUT2D eigenvalue weighted by Gasteiger charge is 2.31. The maximum absolute atomic E-state index is 12.1. The molecular weight excluding hydrogens is 314 g/mol. The molecule has 2 aromatic rings. The number of amides is 1. The molecule has 3 rings (SSSR count). The van der Waals surface area contributed by atoms with Crippen molar-refractivity contribution >= 4 is 11.9 Å². The molecule has 0 fully saturated rings. The highest BCUT2D eigenvalue weighted by atomic mass is 16.6. The van der Waals surface area contributed by atoms with Crippen molar-refractivity contribution in [1.82, 2.24) is 5.32 Å². The first-order chi connectivity index (χ1) is 11.6. The summed E-state index contributed by atoms with van der Waals surface area (Å²) in [7, 11) is 0. The van der Waals surface area contributed by atoms with Crippen LogP contribution in [-0.4, -0.2) is 30.7 Å². The van der Waals surface area contributed by atoms with Gasteiger partial charge in [0.1, 0.15) is 12.4 Å². The number of esters is 1. The first-order valence-corrected chi connectivity index (χ1v) is 7.52. The van der Waals surface area contributed by atoms with Crippen LogP contribution in [0.5, 0.6) is 11.5 Å². The van der Waals surface area contributed by atoms with Crippen LogP contribution < -0.4 is 14.8 Å². The predicted octanol–water partition coefficient (Wildman–Crippen LogP) is 1.67. The number of carbonyl (C=O) groups is 2. The Morgan fingerprint density at radius 1 is 1.25 bits per heavy atom. The van der Waals surface area contributed by atoms with Crippen LogP contribution in [0.4, 0.5) is 0 Å². The molecule has 2 heterocycles. The minimum absolute atomic E-state index is 0.0383. The lowest BCUT2D eigenvalue weighted by Gasteiger charge is -2.25. The van der Waals surface area contributed by atoms with Crippen molar-refractivity contribution in [1.29, 1.82) is 0 Å². The Kier molecular flexibility index (Phi) is 4.69. The van der Waals surface area contributed by atoms with Gasteiger partial charge in [-0.2, -0.15) is 0 Å². The molecule has 0 unspecified atom stereocenters. The van der Waals surface area contributed by atoms with Crippen LogP contribution >= 0.6 is 0 Å². The van der Waals surface area contributed by atoms with E-state index >= 15 is 0 Å². The molecule has 1 aromatic heterocycles. The number of ether oxygens (including phenoxy) is 3. The zero-order chi connectivity index (χ0) is 16.9. The Bertz CT molecular complexity index is 712. The van der Waals surface area contributed by atoms with Gasteiger partial charge in [-0.3, -0.25) is 4.79 Å². The number of carbonyl (C=O) groups excluding carboxylic acids is 2. The fourth-order valence-electron chi connectivity index (χ4n) is 2.17. The average molecular weight is 331 g/mol. The van der Waals surface area contributed by atoms with Crippen molar-refractivity contribution in [2.75, 3.05) is 6.61 Å². The van der Waals surface area contributed by atoms with E-state index in [1.165, 1.54) is 13.2 Å². The topological polar surface area (TPSA) is 87.0 Å². The second-order valence-corrected chi connectivity index (χ2v) is 5.24. The summed E-state index contributed by atoms with van der Waals surface area (Å²) in [5, 5.41) is 2.63. The summed E-state index contributed by atoms with van der Waals surface area (Å²) < 4.78 is 21.3. The quantitative estimate of drug-likeness (QED) is 0.839. The van der Waals surface area contributed by atoms with Crippen molar-refractivity contribution in [3.63, 3.8) is 0 Å². The highest BCUT2D eigenvalue weighted by molar-refractivity contribution is 5.84. The normalized spacial score (nSPS) is 17.0. The molecule has 2 atom stereocenters. The van der Waals surface area contributed by atoms with Gasteiger partial charge in [-0.25, -0.2) is 4.79 Å². The number of hydrogen-bond donors (Lipinski definition) is 1. The second kappa shape index (κ2) is 7.08. The van der Waals surface area contributed by atoms with Gasteiger partial charge in [-0.05, 0) is 31.2 Å². The number of hydrogen-bond acceptors (Lipinski definition) is 6. The zero-order valence-electron chi connectivity index (χ0n) is 13.1. The molecule has 0 aliphatic carbocycles. The Morgan fingerprint density at radius 2 is 2.04 bits per heavy atom. The number of benzene rings is 1. The van der Waals surface area contributed by atoms with E-state index in [2.05, 4.69) is 5.32 Å². The van der Waals surface area contributed by atoms with E-state index in [1.807, 2.05) is 6.07 Å². The van der Waals surface area contributed by atoms with Gasteiger partial charge in [-0.1, -0.05) is 12.1 Å². The second-order valence-electron chi connectivity index (χ2n) is 5.24. The monoisotopic (exact) mass is 331 g/mol. The molecule has 0 bridgehead atoms. The molecule has 0 saturated carbocycles. The zero-order valence-corrected chi connectivity index (χ0v) is 13.1. The van der Waals surface area contributed by atoms with Crippen LogP contribution in [0.15, 0.2) is 47.1 Å². The third-order valence-electron chi connectivity index (χ3n) is 3.45. The number of furan rings is 1. The first kappa shape index (κ1) is 15.9. The fourth-order valence-corrected chi connectivity index (χ4v) is 2.17. The number of nitrogens with one attached hydrogen (secondary N) is 1. The van der Waals surface area contributed by atoms with Crippen LogP contribution in [0, 0.1) is 0 Å². The summed E-state index contributed by atoms with van der Waals surface area (Å²) in [6.07, 6.45) is -0.336. The third-order valence-corrected chi connectivity index (χ3v) is 3.45. The maximum Gasteiger partial charge on any atom is 0.351 e. The predicted molar refractivity (Wildman–Crippen MR) is 82.5 cm³/mol. The van der Waals surface area contributed by atoms with Crippen molar-refractivity contribution < 1.29 is 28.2 Å². The SMILES string of the molecule is C[C@@H](OC(=O)[C@@H]1COc2ccccc2O1)C(=O)NCc1ccco1. The van der Waals surface area contributed by atoms with Gasteiger partial charge in [0.25, 0.3) is 5.91 Å². The lowest BCUT2D eigenvalue weighted by atomic mass is 10.2. The molecule has 1 amide bonds. The van der Waals surface area contributed by atoms with E-state index < -0.39 is 24.1 Å². The van der Waals surface area contributed by atoms with Crippen molar-refractivity contribution in [3.8, 4) is 11.5 Å². The summed E-state index contributed by atoms with van der Waals surface area (Å²) in [4.78, 5) is 24.1. The Morgan fingerprint density at radius 3 is 2.79 bits per heavy atom. The van der Waals surface area contributed by atoms with Crippen LogP contribution in [0.2, 0.25) is 0 Å². The van der Waals surface area contributed by atoms with Gasteiger partial charge >= 0.3 is 5.97 Å². The summed E-state index contributed by atoms with van der Waals surface area (Å²) >= 11 is 0. The largest absolute Gasteiger partial charge is 0.485 e. The average Bonchev–Trinajstić information content (AvgIpc) is 3.12. The van der Waals surface area contributed by atoms with Crippen molar-refractivity contribution in [2.45, 2.75) is 25.7 Å². The van der Waals surface area contributed by atoms with E-state index in [9.17, 15) is 9.59 Å². The highest BCUT2D eigenvalue weighted by Crippen LogP contribution is 2.31. The summed E-state index contributed by atoms with van der Waals surface area (Å²) in [5.41, 5.74) is 0. The third kappa shape index (κ3) is 3.68. The van der Waals surface area contributed by atoms with E-state index in [1.54, 1.807) is 30.3 Å². The molecule has 7 nitrogen and oxygen atoms in total. The lowest BCUT2D eigenvalue weighted by molar-refractivity contribution is -0.163. The molecular formula is C17H17NO6. The molecule has 7 heteroatoms. The van der Waals surface area contributed by atoms with E-state index in [4.69, 9.17) is 18.6 Å². The molecule has 0 radical (unpaired) electrons. The molecule has 24 heavy (non-hydrogen) atoms. The van der Waals surface area contributed by atoms with Crippen LogP contribution in [0.25, 0.3) is 0 Å². The lowest BCUT2D eigenvalue weighted by Crippen LogP contribution is -2.42. The molecule has 0 saturated heterocycles. The van der Waals surface area contributed by atoms with Gasteiger partial charge in [0.15, 0.2) is 17.6 Å². The van der Waals surface area contributed by atoms with Gasteiger partial charge in [0.2, 0.25) is 6.10 Å².